The van der Waals surface area contributed by atoms with Gasteiger partial charge in [0.25, 0.3) is 0 Å². The standard InChI is InChI=1S/C14H15NO/c1-15-16-14(12-8-4-2-5-9-12)13-10-6-3-7-11-13/h2-11,14-15H,1H3. The lowest BCUT2D eigenvalue weighted by atomic mass is 10.0. The molecule has 2 aromatic rings. The van der Waals surface area contributed by atoms with Crippen molar-refractivity contribution in [2.75, 3.05) is 7.05 Å². The number of nitrogens with one attached hydrogen (secondary N) is 1. The van der Waals surface area contributed by atoms with E-state index < -0.39 is 0 Å². The summed E-state index contributed by atoms with van der Waals surface area (Å²) in [5.41, 5.74) is 5.05. The van der Waals surface area contributed by atoms with Gasteiger partial charge in [0.2, 0.25) is 0 Å². The molecule has 0 amide bonds. The number of rotatable bonds is 4. The zero-order valence-electron chi connectivity index (χ0n) is 9.26. The summed E-state index contributed by atoms with van der Waals surface area (Å²) in [7, 11) is 1.78. The molecule has 2 rings (SSSR count). The Morgan fingerprint density at radius 3 is 1.62 bits per heavy atom. The molecular weight excluding hydrogens is 198 g/mol. The molecule has 0 saturated heterocycles. The summed E-state index contributed by atoms with van der Waals surface area (Å²) >= 11 is 0. The van der Waals surface area contributed by atoms with Gasteiger partial charge in [0.05, 0.1) is 0 Å². The average Bonchev–Trinajstić information content (AvgIpc) is 2.38. The van der Waals surface area contributed by atoms with Gasteiger partial charge in [-0.3, -0.25) is 4.84 Å². The molecule has 2 heteroatoms. The van der Waals surface area contributed by atoms with Gasteiger partial charge in [0.15, 0.2) is 0 Å². The molecule has 0 bridgehead atoms. The van der Waals surface area contributed by atoms with Crippen LogP contribution in [0.15, 0.2) is 60.7 Å². The summed E-state index contributed by atoms with van der Waals surface area (Å²) in [5, 5.41) is 0. The van der Waals surface area contributed by atoms with Crippen molar-refractivity contribution in [3.8, 4) is 0 Å². The van der Waals surface area contributed by atoms with Gasteiger partial charge in [-0.2, -0.15) is 0 Å². The minimum atomic E-state index is -0.0626. The topological polar surface area (TPSA) is 21.3 Å². The van der Waals surface area contributed by atoms with Crippen LogP contribution in [0.2, 0.25) is 0 Å². The van der Waals surface area contributed by atoms with E-state index in [0.29, 0.717) is 0 Å². The largest absolute Gasteiger partial charge is 0.289 e. The number of benzene rings is 2. The molecule has 0 saturated carbocycles. The van der Waals surface area contributed by atoms with Gasteiger partial charge >= 0.3 is 0 Å². The molecule has 0 spiro atoms. The number of hydroxylamine groups is 1. The highest BCUT2D eigenvalue weighted by Gasteiger charge is 2.13. The maximum Gasteiger partial charge on any atom is 0.129 e. The summed E-state index contributed by atoms with van der Waals surface area (Å²) in [6.07, 6.45) is -0.0626. The van der Waals surface area contributed by atoms with E-state index in [9.17, 15) is 0 Å². The molecule has 0 aromatic heterocycles. The Morgan fingerprint density at radius 2 is 1.25 bits per heavy atom. The second-order valence-corrected chi connectivity index (χ2v) is 3.52. The number of hydrogen-bond acceptors (Lipinski definition) is 2. The second kappa shape index (κ2) is 5.45. The normalized spacial score (nSPS) is 10.6. The monoisotopic (exact) mass is 213 g/mol. The third kappa shape index (κ3) is 2.48. The molecule has 0 aliphatic carbocycles. The van der Waals surface area contributed by atoms with Gasteiger partial charge in [-0.15, -0.1) is 0 Å². The highest BCUT2D eigenvalue weighted by atomic mass is 16.7. The smallest absolute Gasteiger partial charge is 0.129 e. The summed E-state index contributed by atoms with van der Waals surface area (Å²) in [6.45, 7) is 0. The van der Waals surface area contributed by atoms with Gasteiger partial charge in [0, 0.05) is 7.05 Å². The molecule has 0 aliphatic heterocycles. The fourth-order valence-electron chi connectivity index (χ4n) is 1.70. The van der Waals surface area contributed by atoms with Crippen molar-refractivity contribution in [1.82, 2.24) is 5.48 Å². The Labute approximate surface area is 95.8 Å². The fourth-order valence-corrected chi connectivity index (χ4v) is 1.70. The zero-order valence-corrected chi connectivity index (χ0v) is 9.26. The van der Waals surface area contributed by atoms with Crippen LogP contribution in [0.3, 0.4) is 0 Å². The predicted octanol–water partition coefficient (Wildman–Crippen LogP) is 2.93. The van der Waals surface area contributed by atoms with Gasteiger partial charge in [-0.05, 0) is 11.1 Å². The third-order valence-electron chi connectivity index (χ3n) is 2.44. The van der Waals surface area contributed by atoms with Crippen molar-refractivity contribution < 1.29 is 4.84 Å². The summed E-state index contributed by atoms with van der Waals surface area (Å²) in [5.74, 6) is 0. The van der Waals surface area contributed by atoms with Crippen LogP contribution in [-0.4, -0.2) is 7.05 Å². The molecule has 16 heavy (non-hydrogen) atoms. The lowest BCUT2D eigenvalue weighted by molar-refractivity contribution is 0.00972. The predicted molar refractivity (Wildman–Crippen MR) is 64.9 cm³/mol. The quantitative estimate of drug-likeness (QED) is 0.788. The molecule has 2 aromatic carbocycles. The molecule has 0 fully saturated rings. The highest BCUT2D eigenvalue weighted by Crippen LogP contribution is 2.24. The van der Waals surface area contributed by atoms with Gasteiger partial charge in [-0.25, -0.2) is 5.48 Å². The molecule has 0 heterocycles. The summed E-state index contributed by atoms with van der Waals surface area (Å²) in [4.78, 5) is 5.56. The second-order valence-electron chi connectivity index (χ2n) is 3.52. The van der Waals surface area contributed by atoms with Crippen molar-refractivity contribution in [2.45, 2.75) is 6.10 Å². The first-order valence-electron chi connectivity index (χ1n) is 5.34. The van der Waals surface area contributed by atoms with Crippen LogP contribution in [0.25, 0.3) is 0 Å². The van der Waals surface area contributed by atoms with Crippen molar-refractivity contribution in [3.63, 3.8) is 0 Å². The van der Waals surface area contributed by atoms with Crippen LogP contribution >= 0.6 is 0 Å². The molecule has 0 aliphatic rings. The molecule has 1 N–H and O–H groups in total. The molecular formula is C14H15NO. The van der Waals surface area contributed by atoms with Crippen molar-refractivity contribution >= 4 is 0 Å². The Morgan fingerprint density at radius 1 is 0.812 bits per heavy atom. The Kier molecular flexibility index (Phi) is 3.70. The van der Waals surface area contributed by atoms with Crippen LogP contribution in [0.4, 0.5) is 0 Å². The maximum absolute atomic E-state index is 5.56. The molecule has 0 radical (unpaired) electrons. The molecule has 82 valence electrons. The van der Waals surface area contributed by atoms with Crippen molar-refractivity contribution in [2.24, 2.45) is 0 Å². The van der Waals surface area contributed by atoms with E-state index in [0.717, 1.165) is 11.1 Å². The SMILES string of the molecule is CNOC(c1ccccc1)c1ccccc1. The fraction of sp³-hybridized carbons (Fsp3) is 0.143. The molecule has 0 unspecified atom stereocenters. The minimum absolute atomic E-state index is 0.0626. The van der Waals surface area contributed by atoms with E-state index in [1.54, 1.807) is 7.05 Å². The van der Waals surface area contributed by atoms with Crippen LogP contribution in [-0.2, 0) is 4.84 Å². The van der Waals surface area contributed by atoms with Crippen LogP contribution in [0.5, 0.6) is 0 Å². The minimum Gasteiger partial charge on any atom is -0.289 e. The van der Waals surface area contributed by atoms with E-state index >= 15 is 0 Å². The lowest BCUT2D eigenvalue weighted by Gasteiger charge is -2.17. The van der Waals surface area contributed by atoms with Crippen molar-refractivity contribution in [1.29, 1.82) is 0 Å². The van der Waals surface area contributed by atoms with E-state index in [1.165, 1.54) is 0 Å². The van der Waals surface area contributed by atoms with E-state index in [-0.39, 0.29) is 6.10 Å². The van der Waals surface area contributed by atoms with E-state index in [4.69, 9.17) is 4.84 Å². The van der Waals surface area contributed by atoms with E-state index in [1.807, 2.05) is 36.4 Å². The highest BCUT2D eigenvalue weighted by molar-refractivity contribution is 5.29. The Bertz CT molecular complexity index is 374. The van der Waals surface area contributed by atoms with E-state index in [2.05, 4.69) is 29.7 Å². The van der Waals surface area contributed by atoms with Gasteiger partial charge < -0.3 is 0 Å². The van der Waals surface area contributed by atoms with Crippen LogP contribution < -0.4 is 5.48 Å². The first-order valence-corrected chi connectivity index (χ1v) is 5.34. The molecule has 0 atom stereocenters. The zero-order chi connectivity index (χ0) is 11.2. The average molecular weight is 213 g/mol. The maximum atomic E-state index is 5.56. The lowest BCUT2D eigenvalue weighted by Crippen LogP contribution is -2.15. The third-order valence-corrected chi connectivity index (χ3v) is 2.44. The molecule has 2 nitrogen and oxygen atoms in total. The first kappa shape index (κ1) is 10.9. The van der Waals surface area contributed by atoms with Crippen molar-refractivity contribution in [3.05, 3.63) is 71.8 Å². The first-order chi connectivity index (χ1) is 7.92. The number of hydrogen-bond donors (Lipinski definition) is 1. The Balaban J connectivity index is 2.31. The van der Waals surface area contributed by atoms with Gasteiger partial charge in [-0.1, -0.05) is 60.7 Å². The summed E-state index contributed by atoms with van der Waals surface area (Å²) < 4.78 is 0. The Hall–Kier alpha value is -1.64. The summed E-state index contributed by atoms with van der Waals surface area (Å²) in [6, 6.07) is 20.3. The van der Waals surface area contributed by atoms with Crippen LogP contribution in [0.1, 0.15) is 17.2 Å². The van der Waals surface area contributed by atoms with Crippen LogP contribution in [0, 0.1) is 0 Å². The van der Waals surface area contributed by atoms with Gasteiger partial charge in [0.1, 0.15) is 6.10 Å².